The second-order valence-electron chi connectivity index (χ2n) is 9.69. The van der Waals surface area contributed by atoms with Crippen molar-refractivity contribution < 1.29 is 13.5 Å². The van der Waals surface area contributed by atoms with E-state index in [9.17, 15) is 8.78 Å². The van der Waals surface area contributed by atoms with Gasteiger partial charge in [-0.25, -0.2) is 8.78 Å². The summed E-state index contributed by atoms with van der Waals surface area (Å²) < 4.78 is 33.4. The Bertz CT molecular complexity index is 644. The fraction of sp³-hybridized carbons (Fsp3) is 0.704. The first-order chi connectivity index (χ1) is 14.6. The first kappa shape index (κ1) is 23.4. The molecule has 1 aromatic carbocycles. The number of hydrogen-bond donors (Lipinski definition) is 0. The van der Waals surface area contributed by atoms with E-state index in [4.69, 9.17) is 4.74 Å². The van der Waals surface area contributed by atoms with E-state index in [-0.39, 0.29) is 12.2 Å². The lowest BCUT2D eigenvalue weighted by Gasteiger charge is -2.31. The van der Waals surface area contributed by atoms with Gasteiger partial charge < -0.3 is 4.74 Å². The summed E-state index contributed by atoms with van der Waals surface area (Å²) >= 11 is 0. The Labute approximate surface area is 182 Å². The van der Waals surface area contributed by atoms with Crippen molar-refractivity contribution in [2.24, 2.45) is 17.8 Å². The maximum atomic E-state index is 14.2. The number of hydrogen-bond acceptors (Lipinski definition) is 1. The standard InChI is InChI=1S/C27H40F2O/c1-3-4-5-6-20-7-9-21(10-8-20)11-12-22-13-15-23(16-14-22)24-17-26(28)25(19-30-2)27(29)18-24/h5-6,17-18,20-23H,3-4,7-16,19H2,1-2H3/b6-5+. The quantitative estimate of drug-likeness (QED) is 0.366. The third kappa shape index (κ3) is 6.64. The van der Waals surface area contributed by atoms with Crippen molar-refractivity contribution in [3.63, 3.8) is 0 Å². The lowest BCUT2D eigenvalue weighted by Crippen LogP contribution is -2.17. The topological polar surface area (TPSA) is 9.23 Å². The molecule has 168 valence electrons. The predicted octanol–water partition coefficient (Wildman–Crippen LogP) is 8.33. The van der Waals surface area contributed by atoms with Crippen molar-refractivity contribution in [3.8, 4) is 0 Å². The van der Waals surface area contributed by atoms with Gasteiger partial charge in [0.15, 0.2) is 0 Å². The van der Waals surface area contributed by atoms with Gasteiger partial charge in [0, 0.05) is 12.7 Å². The average Bonchev–Trinajstić information content (AvgIpc) is 2.76. The summed E-state index contributed by atoms with van der Waals surface area (Å²) in [5, 5.41) is 0. The van der Waals surface area contributed by atoms with Gasteiger partial charge in [-0.3, -0.25) is 0 Å². The van der Waals surface area contributed by atoms with E-state index in [0.29, 0.717) is 5.92 Å². The number of methoxy groups -OCH3 is 1. The zero-order valence-electron chi connectivity index (χ0n) is 19.0. The molecule has 2 saturated carbocycles. The van der Waals surface area contributed by atoms with E-state index in [0.717, 1.165) is 36.2 Å². The van der Waals surface area contributed by atoms with E-state index in [1.165, 1.54) is 83.5 Å². The lowest BCUT2D eigenvalue weighted by molar-refractivity contribution is 0.177. The van der Waals surface area contributed by atoms with E-state index in [2.05, 4.69) is 19.1 Å². The number of benzene rings is 1. The minimum atomic E-state index is -0.464. The number of allylic oxidation sites excluding steroid dienone is 2. The summed E-state index contributed by atoms with van der Waals surface area (Å²) in [5.41, 5.74) is 0.878. The Kier molecular flexibility index (Phi) is 9.36. The Balaban J connectivity index is 1.39. The molecule has 3 rings (SSSR count). The molecule has 0 unspecified atom stereocenters. The van der Waals surface area contributed by atoms with Crippen LogP contribution in [0, 0.1) is 29.4 Å². The van der Waals surface area contributed by atoms with E-state index >= 15 is 0 Å². The summed E-state index contributed by atoms with van der Waals surface area (Å²) in [5.74, 6) is 1.90. The van der Waals surface area contributed by atoms with Crippen LogP contribution in [0.15, 0.2) is 24.3 Å². The zero-order valence-corrected chi connectivity index (χ0v) is 19.0. The molecule has 0 saturated heterocycles. The van der Waals surface area contributed by atoms with Crippen molar-refractivity contribution in [3.05, 3.63) is 47.0 Å². The van der Waals surface area contributed by atoms with Crippen molar-refractivity contribution in [1.29, 1.82) is 0 Å². The van der Waals surface area contributed by atoms with Crippen LogP contribution in [0.1, 0.15) is 101 Å². The van der Waals surface area contributed by atoms with Crippen molar-refractivity contribution in [2.75, 3.05) is 7.11 Å². The molecule has 0 atom stereocenters. The second kappa shape index (κ2) is 12.0. The molecule has 0 radical (unpaired) electrons. The van der Waals surface area contributed by atoms with Crippen LogP contribution < -0.4 is 0 Å². The molecule has 3 heteroatoms. The molecule has 1 aromatic rings. The number of ether oxygens (including phenoxy) is 1. The molecular weight excluding hydrogens is 378 g/mol. The molecule has 0 spiro atoms. The summed E-state index contributed by atoms with van der Waals surface area (Å²) in [6, 6.07) is 3.08. The van der Waals surface area contributed by atoms with Gasteiger partial charge in [0.25, 0.3) is 0 Å². The average molecular weight is 419 g/mol. The summed E-state index contributed by atoms with van der Waals surface area (Å²) in [4.78, 5) is 0. The molecule has 0 heterocycles. The Morgan fingerprint density at radius 2 is 1.47 bits per heavy atom. The molecule has 30 heavy (non-hydrogen) atoms. The van der Waals surface area contributed by atoms with E-state index < -0.39 is 11.6 Å². The van der Waals surface area contributed by atoms with E-state index in [1.807, 2.05) is 0 Å². The number of unbranched alkanes of at least 4 members (excludes halogenated alkanes) is 1. The van der Waals surface area contributed by atoms with Crippen LogP contribution in [0.5, 0.6) is 0 Å². The highest BCUT2D eigenvalue weighted by Gasteiger charge is 2.26. The highest BCUT2D eigenvalue weighted by atomic mass is 19.1. The summed E-state index contributed by atoms with van der Waals surface area (Å²) in [6.07, 6.45) is 20.1. The molecule has 0 amide bonds. The smallest absolute Gasteiger partial charge is 0.131 e. The van der Waals surface area contributed by atoms with Crippen molar-refractivity contribution in [1.82, 2.24) is 0 Å². The first-order valence-electron chi connectivity index (χ1n) is 12.2. The summed E-state index contributed by atoms with van der Waals surface area (Å²) in [6.45, 7) is 2.23. The first-order valence-corrected chi connectivity index (χ1v) is 12.2. The lowest BCUT2D eigenvalue weighted by atomic mass is 9.74. The monoisotopic (exact) mass is 418 g/mol. The van der Waals surface area contributed by atoms with E-state index in [1.54, 1.807) is 0 Å². The maximum Gasteiger partial charge on any atom is 0.131 e. The van der Waals surface area contributed by atoms with Gasteiger partial charge in [-0.2, -0.15) is 0 Å². The largest absolute Gasteiger partial charge is 0.380 e. The van der Waals surface area contributed by atoms with Crippen LogP contribution in [0.4, 0.5) is 8.78 Å². The van der Waals surface area contributed by atoms with Crippen molar-refractivity contribution >= 4 is 0 Å². The van der Waals surface area contributed by atoms with Gasteiger partial charge in [-0.1, -0.05) is 38.3 Å². The van der Waals surface area contributed by atoms with Crippen LogP contribution >= 0.6 is 0 Å². The fourth-order valence-corrected chi connectivity index (χ4v) is 5.52. The highest BCUT2D eigenvalue weighted by Crippen LogP contribution is 2.40. The van der Waals surface area contributed by atoms with Crippen LogP contribution in [-0.2, 0) is 11.3 Å². The van der Waals surface area contributed by atoms with Crippen LogP contribution in [-0.4, -0.2) is 7.11 Å². The highest BCUT2D eigenvalue weighted by molar-refractivity contribution is 5.28. The zero-order chi connectivity index (χ0) is 21.3. The number of halogens is 2. The van der Waals surface area contributed by atoms with Gasteiger partial charge in [0.2, 0.25) is 0 Å². The Morgan fingerprint density at radius 1 is 0.900 bits per heavy atom. The van der Waals surface area contributed by atoms with Crippen LogP contribution in [0.25, 0.3) is 0 Å². The summed E-state index contributed by atoms with van der Waals surface area (Å²) in [7, 11) is 1.46. The Hall–Kier alpha value is -1.22. The van der Waals surface area contributed by atoms with Gasteiger partial charge >= 0.3 is 0 Å². The minimum Gasteiger partial charge on any atom is -0.380 e. The molecule has 2 fully saturated rings. The second-order valence-corrected chi connectivity index (χ2v) is 9.69. The molecule has 1 nitrogen and oxygen atoms in total. The molecule has 0 N–H and O–H groups in total. The minimum absolute atomic E-state index is 0.0123. The SMILES string of the molecule is CCC/C=C/C1CCC(CCC2CCC(c3cc(F)c(COC)c(F)c3)CC2)CC1. The van der Waals surface area contributed by atoms with Crippen LogP contribution in [0.2, 0.25) is 0 Å². The van der Waals surface area contributed by atoms with Gasteiger partial charge in [0.1, 0.15) is 11.6 Å². The maximum absolute atomic E-state index is 14.2. The third-order valence-electron chi connectivity index (χ3n) is 7.51. The molecular formula is C27H40F2O. The molecule has 2 aliphatic carbocycles. The van der Waals surface area contributed by atoms with Crippen molar-refractivity contribution in [2.45, 2.75) is 96.5 Å². The van der Waals surface area contributed by atoms with Crippen LogP contribution in [0.3, 0.4) is 0 Å². The van der Waals surface area contributed by atoms with Gasteiger partial charge in [-0.05, 0) is 99.2 Å². The van der Waals surface area contributed by atoms with Gasteiger partial charge in [-0.15, -0.1) is 0 Å². The molecule has 0 aliphatic heterocycles. The fourth-order valence-electron chi connectivity index (χ4n) is 5.52. The molecule has 0 aromatic heterocycles. The van der Waals surface area contributed by atoms with Gasteiger partial charge in [0.05, 0.1) is 6.61 Å². The third-order valence-corrected chi connectivity index (χ3v) is 7.51. The predicted molar refractivity (Wildman–Crippen MR) is 121 cm³/mol. The number of rotatable bonds is 9. The Morgan fingerprint density at radius 3 is 2.00 bits per heavy atom. The molecule has 0 bridgehead atoms. The normalized spacial score (nSPS) is 27.6. The molecule has 2 aliphatic rings.